The fraction of sp³-hybridized carbons (Fsp3) is 0.333. The van der Waals surface area contributed by atoms with Gasteiger partial charge in [0.15, 0.2) is 0 Å². The Labute approximate surface area is 104 Å². The van der Waals surface area contributed by atoms with Gasteiger partial charge >= 0.3 is 0 Å². The van der Waals surface area contributed by atoms with Gasteiger partial charge in [-0.15, -0.1) is 0 Å². The summed E-state index contributed by atoms with van der Waals surface area (Å²) in [6, 6.07) is 7.98. The van der Waals surface area contributed by atoms with E-state index in [9.17, 15) is 4.39 Å². The molecule has 0 spiro atoms. The number of hydrogen-bond acceptors (Lipinski definition) is 2. The Bertz CT molecular complexity index is 453. The Morgan fingerprint density at radius 3 is 2.88 bits per heavy atom. The Morgan fingerprint density at radius 2 is 2.31 bits per heavy atom. The van der Waals surface area contributed by atoms with E-state index in [-0.39, 0.29) is 26.8 Å². The molecule has 2 atom stereocenters. The summed E-state index contributed by atoms with van der Waals surface area (Å²) in [4.78, 5) is 0. The smallest absolute Gasteiger partial charge is 0.114 e. The normalized spacial score (nSPS) is 24.2. The van der Waals surface area contributed by atoms with Crippen LogP contribution in [0.5, 0.6) is 0 Å². The van der Waals surface area contributed by atoms with Crippen LogP contribution in [0.1, 0.15) is 23.6 Å². The van der Waals surface area contributed by atoms with Gasteiger partial charge in [-0.25, -0.2) is 4.39 Å². The van der Waals surface area contributed by atoms with Crippen molar-refractivity contribution in [3.63, 3.8) is 0 Å². The van der Waals surface area contributed by atoms with Gasteiger partial charge in [-0.2, -0.15) is 5.26 Å². The molecule has 0 bridgehead atoms. The summed E-state index contributed by atoms with van der Waals surface area (Å²) in [6.45, 7) is 0.413. The van der Waals surface area contributed by atoms with Gasteiger partial charge in [0.2, 0.25) is 0 Å². The molecule has 4 heteroatoms. The van der Waals surface area contributed by atoms with Gasteiger partial charge in [-0.1, -0.05) is 25.2 Å². The zero-order valence-corrected chi connectivity index (χ0v) is 10.9. The third-order valence-corrected chi connectivity index (χ3v) is 4.19. The predicted molar refractivity (Wildman–Crippen MR) is 71.3 cm³/mol. The molecular weight excluding hydrogens is 318 g/mol. The molecule has 1 aromatic carbocycles. The highest BCUT2D eigenvalue weighted by Crippen LogP contribution is 2.27. The fourth-order valence-corrected chi connectivity index (χ4v) is 3.04. The van der Waals surface area contributed by atoms with Crippen LogP contribution >= 0.6 is 20.7 Å². The molecule has 1 aliphatic rings. The third kappa shape index (κ3) is 2.47. The number of halogens is 2. The molecule has 0 radical (unpaired) electrons. The lowest BCUT2D eigenvalue weighted by Crippen LogP contribution is -2.14. The van der Waals surface area contributed by atoms with Gasteiger partial charge in [0, 0.05) is 16.2 Å². The van der Waals surface area contributed by atoms with Crippen molar-refractivity contribution >= 4 is 25.2 Å². The molecule has 0 saturated carbocycles. The van der Waals surface area contributed by atoms with E-state index < -0.39 is 6.17 Å². The highest BCUT2D eigenvalue weighted by atomic mass is 127. The molecule has 2 nitrogen and oxygen atoms in total. The van der Waals surface area contributed by atoms with Crippen LogP contribution in [0.3, 0.4) is 0 Å². The van der Waals surface area contributed by atoms with E-state index in [1.165, 1.54) is 0 Å². The molecule has 84 valence electrons. The van der Waals surface area contributed by atoms with Crippen molar-refractivity contribution in [3.05, 3.63) is 32.9 Å². The van der Waals surface area contributed by atoms with Crippen molar-refractivity contribution in [3.8, 4) is 6.07 Å². The first kappa shape index (κ1) is 11.7. The predicted octanol–water partition coefficient (Wildman–Crippen LogP) is 2.50. The first-order valence-corrected chi connectivity index (χ1v) is 7.64. The Morgan fingerprint density at radius 1 is 1.50 bits per heavy atom. The first-order chi connectivity index (χ1) is 7.72. The number of nitrogens with zero attached hydrogens (tertiary/aromatic N) is 1. The molecule has 1 N–H and O–H groups in total. The van der Waals surface area contributed by atoms with Crippen molar-refractivity contribution in [1.29, 1.82) is 5.26 Å². The summed E-state index contributed by atoms with van der Waals surface area (Å²) < 4.78 is 18.1. The van der Waals surface area contributed by atoms with Crippen LogP contribution < -0.4 is 5.32 Å². The summed E-state index contributed by atoms with van der Waals surface area (Å²) in [7, 11) is 0. The molecule has 16 heavy (non-hydrogen) atoms. The minimum atomic E-state index is -0.770. The van der Waals surface area contributed by atoms with E-state index in [2.05, 4.69) is 22.0 Å². The minimum Gasteiger partial charge on any atom is -0.307 e. The largest absolute Gasteiger partial charge is 0.307 e. The van der Waals surface area contributed by atoms with E-state index in [0.717, 1.165) is 9.13 Å². The van der Waals surface area contributed by atoms with Crippen molar-refractivity contribution in [2.45, 2.75) is 18.6 Å². The zero-order chi connectivity index (χ0) is 11.5. The van der Waals surface area contributed by atoms with Crippen LogP contribution in [-0.2, 0) is 0 Å². The Balaban J connectivity index is 2.33. The lowest BCUT2D eigenvalue weighted by Gasteiger charge is -2.11. The second-order valence-corrected chi connectivity index (χ2v) is 5.82. The molecule has 0 aromatic heterocycles. The molecule has 1 aromatic rings. The van der Waals surface area contributed by atoms with Crippen molar-refractivity contribution < 1.29 is 4.39 Å². The zero-order valence-electron chi connectivity index (χ0n) is 8.71. The summed E-state index contributed by atoms with van der Waals surface area (Å²) in [6.07, 6.45) is -0.266. The van der Waals surface area contributed by atoms with Crippen molar-refractivity contribution in [2.24, 2.45) is 0 Å². The minimum absolute atomic E-state index is 0.0533. The van der Waals surface area contributed by atoms with Gasteiger partial charge in [0.1, 0.15) is 6.17 Å². The lowest BCUT2D eigenvalue weighted by atomic mass is 10.0. The van der Waals surface area contributed by atoms with Crippen molar-refractivity contribution in [1.82, 2.24) is 5.32 Å². The van der Waals surface area contributed by atoms with Gasteiger partial charge in [-0.3, -0.25) is 0 Å². The van der Waals surface area contributed by atoms with E-state index in [1.54, 1.807) is 0 Å². The molecule has 1 unspecified atom stereocenters. The number of hydrogen-bond donors (Lipinski definition) is 1. The van der Waals surface area contributed by atoms with Crippen LogP contribution in [0, 0.1) is 14.9 Å². The number of rotatable bonds is 2. The molecule has 1 fully saturated rings. The second kappa shape index (κ2) is 5.02. The number of nitriles is 1. The maximum atomic E-state index is 13.1. The van der Waals surface area contributed by atoms with Gasteiger partial charge in [0.05, 0.1) is 11.6 Å². The van der Waals surface area contributed by atoms with Crippen LogP contribution in [-0.4, -0.2) is 17.2 Å². The quantitative estimate of drug-likeness (QED) is 0.846. The summed E-state index contributed by atoms with van der Waals surface area (Å²) in [5.74, 6) is 0. The first-order valence-electron chi connectivity index (χ1n) is 5.04. The number of alkyl halides is 1. The monoisotopic (exact) mass is 330 g/mol. The van der Waals surface area contributed by atoms with Crippen LogP contribution in [0.25, 0.3) is 0 Å². The van der Waals surface area contributed by atoms with E-state index in [0.29, 0.717) is 18.5 Å². The van der Waals surface area contributed by atoms with Gasteiger partial charge in [0.25, 0.3) is 0 Å². The Hall–Kier alpha value is -0.800. The summed E-state index contributed by atoms with van der Waals surface area (Å²) in [5, 5.41) is 12.1. The van der Waals surface area contributed by atoms with Crippen LogP contribution in [0.4, 0.5) is 4.39 Å². The van der Waals surface area contributed by atoms with E-state index in [4.69, 9.17) is 5.26 Å². The number of benzene rings is 1. The average Bonchev–Trinajstić information content (AvgIpc) is 2.75. The molecule has 1 aliphatic heterocycles. The summed E-state index contributed by atoms with van der Waals surface area (Å²) >= 11 is -0.280. The fourth-order valence-electron chi connectivity index (χ4n) is 1.90. The molecule has 1 heterocycles. The van der Waals surface area contributed by atoms with E-state index in [1.807, 2.05) is 12.1 Å². The topological polar surface area (TPSA) is 35.8 Å². The van der Waals surface area contributed by atoms with Crippen LogP contribution in [0.2, 0.25) is 0 Å². The van der Waals surface area contributed by atoms with E-state index >= 15 is 0 Å². The number of nitrogens with one attached hydrogen (secondary N) is 1. The maximum absolute atomic E-state index is 13.1. The molecule has 1 saturated heterocycles. The summed E-state index contributed by atoms with van der Waals surface area (Å²) in [5.41, 5.74) is 1.68. The molecular formula is C12H12FIN2. The SMILES string of the molecule is C=Ic1cc(C#N)cc(C2C[C@H](F)CN2)c1. The lowest BCUT2D eigenvalue weighted by molar-refractivity contribution is 0.356. The van der Waals surface area contributed by atoms with Gasteiger partial charge in [-0.05, 0) is 30.2 Å². The van der Waals surface area contributed by atoms with Gasteiger partial charge < -0.3 is 5.32 Å². The Kier molecular flexibility index (Phi) is 3.66. The maximum Gasteiger partial charge on any atom is 0.114 e. The third-order valence-electron chi connectivity index (χ3n) is 2.68. The second-order valence-electron chi connectivity index (χ2n) is 3.81. The standard InChI is InChI=1S/C12H12FIN2/c1-14-11-3-8(6-15)2-9(4-11)12-5-10(13)7-16-12/h2-4,10,12,16H,1,5,7H2/t10-,12?/m0/s1. The highest BCUT2D eigenvalue weighted by Gasteiger charge is 2.25. The molecule has 2 rings (SSSR count). The molecule has 0 amide bonds. The van der Waals surface area contributed by atoms with Crippen LogP contribution in [0.15, 0.2) is 18.2 Å². The highest BCUT2D eigenvalue weighted by molar-refractivity contribution is 14.2. The average molecular weight is 330 g/mol. The molecule has 0 aliphatic carbocycles. The van der Waals surface area contributed by atoms with Crippen molar-refractivity contribution in [2.75, 3.05) is 6.54 Å².